The van der Waals surface area contributed by atoms with E-state index in [4.69, 9.17) is 0 Å². The first-order valence-electron chi connectivity index (χ1n) is 12.6. The van der Waals surface area contributed by atoms with Gasteiger partial charge in [-0.25, -0.2) is 8.42 Å². The number of carbonyl (C=O) groups is 2. The smallest absolute Gasteiger partial charge is 0.323 e. The number of amides is 2. The number of pyridine rings is 1. The second-order valence-electron chi connectivity index (χ2n) is 9.99. The molecule has 0 bridgehead atoms. The molecule has 4 rings (SSSR count). The van der Waals surface area contributed by atoms with E-state index in [1.807, 2.05) is 19.9 Å². The van der Waals surface area contributed by atoms with Crippen molar-refractivity contribution >= 4 is 32.7 Å². The number of sulfonamides is 1. The first kappa shape index (κ1) is 27.6. The van der Waals surface area contributed by atoms with Crippen LogP contribution in [0.4, 0.5) is 0 Å². The molecule has 3 aromatic rings. The molecule has 0 radical (unpaired) electrons. The van der Waals surface area contributed by atoms with Gasteiger partial charge in [0.2, 0.25) is 5.91 Å². The Labute approximate surface area is 221 Å². The normalized spacial score (nSPS) is 19.7. The van der Waals surface area contributed by atoms with E-state index in [1.54, 1.807) is 24.4 Å². The van der Waals surface area contributed by atoms with E-state index in [9.17, 15) is 28.3 Å². The number of H-pyrrole nitrogens is 1. The molecule has 1 aliphatic heterocycles. The molecule has 38 heavy (non-hydrogen) atoms. The van der Waals surface area contributed by atoms with Gasteiger partial charge in [-0.05, 0) is 55.5 Å². The van der Waals surface area contributed by atoms with Gasteiger partial charge in [-0.15, -0.1) is 0 Å². The Bertz CT molecular complexity index is 1410. The van der Waals surface area contributed by atoms with Crippen LogP contribution in [-0.4, -0.2) is 65.9 Å². The van der Waals surface area contributed by atoms with Crippen LogP contribution in [0.1, 0.15) is 43.5 Å². The van der Waals surface area contributed by atoms with Crippen LogP contribution < -0.4 is 15.4 Å². The Balaban J connectivity index is 1.44. The second kappa shape index (κ2) is 11.5. The third-order valence-corrected chi connectivity index (χ3v) is 8.50. The van der Waals surface area contributed by atoms with Crippen molar-refractivity contribution in [2.45, 2.75) is 56.3 Å². The van der Waals surface area contributed by atoms with Crippen LogP contribution >= 0.6 is 0 Å². The van der Waals surface area contributed by atoms with Crippen molar-refractivity contribution in [3.63, 3.8) is 0 Å². The summed E-state index contributed by atoms with van der Waals surface area (Å²) in [6.07, 6.45) is 2.76. The van der Waals surface area contributed by atoms with Crippen molar-refractivity contribution in [1.29, 1.82) is 0 Å². The molecule has 12 heteroatoms. The zero-order valence-corrected chi connectivity index (χ0v) is 22.1. The van der Waals surface area contributed by atoms with Gasteiger partial charge in [0.05, 0.1) is 12.1 Å². The molecule has 2 aromatic heterocycles. The molecule has 0 saturated carbocycles. The van der Waals surface area contributed by atoms with Crippen molar-refractivity contribution in [1.82, 2.24) is 19.9 Å². The van der Waals surface area contributed by atoms with Crippen LogP contribution in [0.15, 0.2) is 59.9 Å². The summed E-state index contributed by atoms with van der Waals surface area (Å²) in [6, 6.07) is 9.62. The van der Waals surface area contributed by atoms with Gasteiger partial charge in [-0.1, -0.05) is 13.8 Å². The lowest BCUT2D eigenvalue weighted by molar-refractivity contribution is -0.646. The minimum Gasteiger partial charge on any atom is -0.618 e. The second-order valence-corrected chi connectivity index (χ2v) is 11.9. The third-order valence-electron chi connectivity index (χ3n) is 6.64. The molecule has 0 spiro atoms. The Kier molecular flexibility index (Phi) is 8.34. The van der Waals surface area contributed by atoms with Gasteiger partial charge in [0, 0.05) is 47.9 Å². The number of hydrogen-bond donors (Lipinski definition) is 4. The molecule has 1 aromatic carbocycles. The van der Waals surface area contributed by atoms with Crippen LogP contribution in [0.3, 0.4) is 0 Å². The summed E-state index contributed by atoms with van der Waals surface area (Å²) in [4.78, 5) is 29.3. The van der Waals surface area contributed by atoms with Crippen molar-refractivity contribution in [2.75, 3.05) is 13.1 Å². The molecule has 1 saturated heterocycles. The van der Waals surface area contributed by atoms with Gasteiger partial charge in [0.25, 0.3) is 5.91 Å². The molecule has 204 valence electrons. The number of β-amino-alcohol motifs (C(OH)–C–C–N with tert-alkyl or cyclic N) is 1. The van der Waals surface area contributed by atoms with E-state index in [1.165, 1.54) is 18.2 Å². The van der Waals surface area contributed by atoms with Crippen molar-refractivity contribution in [2.24, 2.45) is 5.92 Å². The molecule has 3 atom stereocenters. The van der Waals surface area contributed by atoms with Crippen molar-refractivity contribution < 1.29 is 27.8 Å². The monoisotopic (exact) mass is 543 g/mol. The number of aromatic amines is 1. The summed E-state index contributed by atoms with van der Waals surface area (Å²) in [7, 11) is -4.14. The van der Waals surface area contributed by atoms with E-state index in [0.717, 1.165) is 21.4 Å². The highest BCUT2D eigenvalue weighted by Crippen LogP contribution is 2.20. The molecule has 2 amide bonds. The van der Waals surface area contributed by atoms with Crippen molar-refractivity contribution in [3.05, 3.63) is 65.6 Å². The summed E-state index contributed by atoms with van der Waals surface area (Å²) < 4.78 is 27.4. The standard InChI is InChI=1S/C26H33N5O6S/c1-17(2)14-22(29-25(33)19-8-9-20-18(15-19)10-11-27-20)26(34)28-21-6-5-12-30(16-23(21)32)38(36,37)24-7-3-4-13-31(24)35/h3-4,7-11,13,15,17,21-23,27,32H,5-6,12,14,16H2,1-2H3,(H,28,34)(H,29,33)/t21?,22?,23-/m0/s1. The molecular formula is C26H33N5O6S. The fourth-order valence-corrected chi connectivity index (χ4v) is 6.18. The largest absolute Gasteiger partial charge is 0.618 e. The lowest BCUT2D eigenvalue weighted by Gasteiger charge is -2.27. The maximum absolute atomic E-state index is 13.3. The highest BCUT2D eigenvalue weighted by Gasteiger charge is 2.37. The average Bonchev–Trinajstić information content (AvgIpc) is 3.26. The minimum absolute atomic E-state index is 0.0917. The molecule has 4 N–H and O–H groups in total. The molecular weight excluding hydrogens is 510 g/mol. The number of benzene rings is 1. The number of fused-ring (bicyclic) bond motifs is 1. The van der Waals surface area contributed by atoms with E-state index in [-0.39, 0.29) is 29.6 Å². The minimum atomic E-state index is -4.14. The summed E-state index contributed by atoms with van der Waals surface area (Å²) >= 11 is 0. The molecule has 3 heterocycles. The van der Waals surface area contributed by atoms with Gasteiger partial charge in [0.15, 0.2) is 6.20 Å². The fourth-order valence-electron chi connectivity index (χ4n) is 4.66. The SMILES string of the molecule is CC(C)CC(NC(=O)c1ccc2[nH]ccc2c1)C(=O)NC1CCCN(S(=O)(=O)c2cccc[n+]2[O-])C[C@@H]1O. The Morgan fingerprint density at radius 2 is 2.03 bits per heavy atom. The first-order chi connectivity index (χ1) is 18.1. The maximum Gasteiger partial charge on any atom is 0.323 e. The van der Waals surface area contributed by atoms with Crippen LogP contribution in [0.5, 0.6) is 0 Å². The van der Waals surface area contributed by atoms with E-state index in [2.05, 4.69) is 15.6 Å². The van der Waals surface area contributed by atoms with Gasteiger partial charge >= 0.3 is 15.0 Å². The lowest BCUT2D eigenvalue weighted by Crippen LogP contribution is -2.54. The quantitative estimate of drug-likeness (QED) is 0.247. The number of nitrogens with one attached hydrogen (secondary N) is 3. The van der Waals surface area contributed by atoms with Crippen LogP contribution in [0, 0.1) is 11.1 Å². The maximum atomic E-state index is 13.3. The average molecular weight is 544 g/mol. The first-order valence-corrected chi connectivity index (χ1v) is 14.0. The third kappa shape index (κ3) is 6.14. The zero-order valence-electron chi connectivity index (χ0n) is 21.3. The molecule has 1 aliphatic rings. The van der Waals surface area contributed by atoms with Crippen LogP contribution in [-0.2, 0) is 14.8 Å². The zero-order chi connectivity index (χ0) is 27.4. The number of nitrogens with zero attached hydrogens (tertiary/aromatic N) is 2. The molecule has 1 fully saturated rings. The fraction of sp³-hybridized carbons (Fsp3) is 0.423. The number of aromatic nitrogens is 2. The molecule has 0 aliphatic carbocycles. The molecule has 2 unspecified atom stereocenters. The number of aliphatic hydroxyl groups excluding tert-OH is 1. The van der Waals surface area contributed by atoms with Gasteiger partial charge < -0.3 is 25.9 Å². The Morgan fingerprint density at radius 1 is 1.24 bits per heavy atom. The molecule has 11 nitrogen and oxygen atoms in total. The number of hydrogen-bond acceptors (Lipinski definition) is 6. The topological polar surface area (TPSA) is 159 Å². The van der Waals surface area contributed by atoms with Crippen molar-refractivity contribution in [3.8, 4) is 0 Å². The van der Waals surface area contributed by atoms with E-state index < -0.39 is 39.1 Å². The van der Waals surface area contributed by atoms with Crippen LogP contribution in [0.25, 0.3) is 10.9 Å². The predicted molar refractivity (Wildman–Crippen MR) is 140 cm³/mol. The Hall–Kier alpha value is -3.48. The highest BCUT2D eigenvalue weighted by atomic mass is 32.2. The summed E-state index contributed by atoms with van der Waals surface area (Å²) in [6.45, 7) is 3.69. The van der Waals surface area contributed by atoms with Gasteiger partial charge in [-0.3, -0.25) is 9.59 Å². The number of carbonyl (C=O) groups excluding carboxylic acids is 2. The van der Waals surface area contributed by atoms with Gasteiger partial charge in [0.1, 0.15) is 6.04 Å². The number of rotatable bonds is 8. The van der Waals surface area contributed by atoms with Crippen LogP contribution in [0.2, 0.25) is 0 Å². The summed E-state index contributed by atoms with van der Waals surface area (Å²) in [5.41, 5.74) is 1.32. The summed E-state index contributed by atoms with van der Waals surface area (Å²) in [5.74, 6) is -0.737. The van der Waals surface area contributed by atoms with E-state index in [0.29, 0.717) is 24.8 Å². The number of aliphatic hydroxyl groups is 1. The lowest BCUT2D eigenvalue weighted by atomic mass is 10.0. The van der Waals surface area contributed by atoms with Gasteiger partial charge in [-0.2, -0.15) is 9.04 Å². The summed E-state index contributed by atoms with van der Waals surface area (Å²) in [5, 5.41) is 29.0. The predicted octanol–water partition coefficient (Wildman–Crippen LogP) is 1.28. The Morgan fingerprint density at radius 3 is 2.76 bits per heavy atom. The van der Waals surface area contributed by atoms with E-state index >= 15 is 0 Å². The highest BCUT2D eigenvalue weighted by molar-refractivity contribution is 7.88.